The molecule has 2 aliphatic rings. The van der Waals surface area contributed by atoms with Crippen molar-refractivity contribution in [2.24, 2.45) is 11.7 Å². The molecule has 1 aromatic carbocycles. The molecule has 2 fully saturated rings. The van der Waals surface area contributed by atoms with Gasteiger partial charge in [-0.05, 0) is 56.2 Å². The van der Waals surface area contributed by atoms with Gasteiger partial charge in [-0.1, -0.05) is 28.1 Å². The Hall–Kier alpha value is -0.580. The summed E-state index contributed by atoms with van der Waals surface area (Å²) in [6, 6.07) is 8.46. The fourth-order valence-electron chi connectivity index (χ4n) is 3.47. The van der Waals surface area contributed by atoms with Gasteiger partial charge in [0.25, 0.3) is 0 Å². The highest BCUT2D eigenvalue weighted by Crippen LogP contribution is 2.50. The van der Waals surface area contributed by atoms with Gasteiger partial charge in [-0.3, -0.25) is 4.79 Å². The lowest BCUT2D eigenvalue weighted by Gasteiger charge is -2.36. The number of piperidine rings is 1. The highest BCUT2D eigenvalue weighted by molar-refractivity contribution is 9.10. The third kappa shape index (κ3) is 3.34. The lowest BCUT2D eigenvalue weighted by Crippen LogP contribution is -2.46. The van der Waals surface area contributed by atoms with Crippen molar-refractivity contribution in [2.75, 3.05) is 13.1 Å². The predicted octanol–water partition coefficient (Wildman–Crippen LogP) is 3.49. The quantitative estimate of drug-likeness (QED) is 0.863. The molecule has 0 spiro atoms. The van der Waals surface area contributed by atoms with E-state index in [1.54, 1.807) is 0 Å². The van der Waals surface area contributed by atoms with Crippen LogP contribution in [0.15, 0.2) is 28.7 Å². The molecular weight excluding hydrogens is 364 g/mol. The van der Waals surface area contributed by atoms with Gasteiger partial charge in [-0.25, -0.2) is 0 Å². The molecule has 1 atom stereocenters. The smallest absolute Gasteiger partial charge is 0.233 e. The van der Waals surface area contributed by atoms with E-state index in [0.717, 1.165) is 48.8 Å². The van der Waals surface area contributed by atoms with Crippen LogP contribution in [0, 0.1) is 5.92 Å². The minimum absolute atomic E-state index is 0. The number of hydrogen-bond acceptors (Lipinski definition) is 2. The molecule has 1 saturated heterocycles. The van der Waals surface area contributed by atoms with E-state index < -0.39 is 0 Å². The Kier molecular flexibility index (Phi) is 5.57. The molecular formula is C17H24BrClN2O. The Morgan fingerprint density at radius 1 is 1.36 bits per heavy atom. The SMILES string of the molecule is CC(N)C1CCN(C(=O)C2(c3cccc(Br)c3)CC2)CC1.Cl. The summed E-state index contributed by atoms with van der Waals surface area (Å²) in [6.07, 6.45) is 4.04. The first-order chi connectivity index (χ1) is 10.0. The monoisotopic (exact) mass is 386 g/mol. The Bertz CT molecular complexity index is 537. The number of nitrogens with two attached hydrogens (primary N) is 1. The van der Waals surface area contributed by atoms with E-state index in [2.05, 4.69) is 39.9 Å². The molecule has 2 N–H and O–H groups in total. The average Bonchev–Trinajstić information content (AvgIpc) is 3.28. The lowest BCUT2D eigenvalue weighted by molar-refractivity contribution is -0.135. The number of carbonyl (C=O) groups is 1. The van der Waals surface area contributed by atoms with Crippen molar-refractivity contribution in [3.63, 3.8) is 0 Å². The number of amides is 1. The molecule has 1 heterocycles. The summed E-state index contributed by atoms with van der Waals surface area (Å²) >= 11 is 3.51. The Morgan fingerprint density at radius 2 is 2.00 bits per heavy atom. The van der Waals surface area contributed by atoms with Crippen LogP contribution < -0.4 is 5.73 Å². The van der Waals surface area contributed by atoms with Crippen LogP contribution in [0.4, 0.5) is 0 Å². The van der Waals surface area contributed by atoms with Crippen LogP contribution in [0.25, 0.3) is 0 Å². The molecule has 0 bridgehead atoms. The van der Waals surface area contributed by atoms with Crippen molar-refractivity contribution in [1.29, 1.82) is 0 Å². The van der Waals surface area contributed by atoms with Crippen LogP contribution in [0.3, 0.4) is 0 Å². The summed E-state index contributed by atoms with van der Waals surface area (Å²) in [4.78, 5) is 15.0. The van der Waals surface area contributed by atoms with Gasteiger partial charge in [0.15, 0.2) is 0 Å². The van der Waals surface area contributed by atoms with Crippen molar-refractivity contribution in [1.82, 2.24) is 4.90 Å². The van der Waals surface area contributed by atoms with Crippen LogP contribution in [0.5, 0.6) is 0 Å². The van der Waals surface area contributed by atoms with Gasteiger partial charge in [0.05, 0.1) is 5.41 Å². The largest absolute Gasteiger partial charge is 0.342 e. The summed E-state index contributed by atoms with van der Waals surface area (Å²) in [6.45, 7) is 3.80. The Balaban J connectivity index is 0.00000176. The molecule has 3 rings (SSSR count). The second-order valence-electron chi connectivity index (χ2n) is 6.58. The molecule has 1 aliphatic heterocycles. The minimum Gasteiger partial charge on any atom is -0.342 e. The van der Waals surface area contributed by atoms with Crippen LogP contribution in [0.2, 0.25) is 0 Å². The summed E-state index contributed by atoms with van der Waals surface area (Å²) < 4.78 is 1.05. The standard InChI is InChI=1S/C17H23BrN2O.ClH/c1-12(19)13-5-9-20(10-6-13)16(21)17(7-8-17)14-3-2-4-15(18)11-14;/h2-4,11-13H,5-10,19H2,1H3;1H. The van der Waals surface area contributed by atoms with Crippen LogP contribution in [-0.4, -0.2) is 29.9 Å². The third-order valence-corrected chi connectivity index (χ3v) is 5.60. The fourth-order valence-corrected chi connectivity index (χ4v) is 3.87. The number of rotatable bonds is 3. The number of halogens is 2. The summed E-state index contributed by atoms with van der Waals surface area (Å²) in [5.41, 5.74) is 6.90. The normalized spacial score (nSPS) is 21.9. The number of nitrogens with zero attached hydrogens (tertiary/aromatic N) is 1. The first-order valence-electron chi connectivity index (χ1n) is 7.84. The molecule has 1 saturated carbocycles. The maximum atomic E-state index is 12.9. The molecule has 22 heavy (non-hydrogen) atoms. The summed E-state index contributed by atoms with van der Waals surface area (Å²) in [7, 11) is 0. The van der Waals surface area contributed by atoms with Gasteiger partial charge in [-0.15, -0.1) is 12.4 Å². The van der Waals surface area contributed by atoms with E-state index in [9.17, 15) is 4.79 Å². The number of benzene rings is 1. The fraction of sp³-hybridized carbons (Fsp3) is 0.588. The third-order valence-electron chi connectivity index (χ3n) is 5.11. The minimum atomic E-state index is -0.245. The van der Waals surface area contributed by atoms with Gasteiger partial charge >= 0.3 is 0 Å². The maximum absolute atomic E-state index is 12.9. The highest BCUT2D eigenvalue weighted by atomic mass is 79.9. The zero-order chi connectivity index (χ0) is 15.0. The van der Waals surface area contributed by atoms with Gasteiger partial charge in [0.2, 0.25) is 5.91 Å². The second-order valence-corrected chi connectivity index (χ2v) is 7.50. The van der Waals surface area contributed by atoms with E-state index in [1.807, 2.05) is 12.1 Å². The maximum Gasteiger partial charge on any atom is 0.233 e. The lowest BCUT2D eigenvalue weighted by atomic mass is 9.88. The van der Waals surface area contributed by atoms with Crippen LogP contribution in [-0.2, 0) is 10.2 Å². The topological polar surface area (TPSA) is 46.3 Å². The zero-order valence-corrected chi connectivity index (χ0v) is 15.3. The summed E-state index contributed by atoms with van der Waals surface area (Å²) in [5.74, 6) is 0.888. The van der Waals surface area contributed by atoms with Gasteiger partial charge < -0.3 is 10.6 Å². The average molecular weight is 388 g/mol. The van der Waals surface area contributed by atoms with Crippen molar-refractivity contribution in [2.45, 2.75) is 44.1 Å². The molecule has 1 aromatic rings. The second kappa shape index (κ2) is 6.90. The van der Waals surface area contributed by atoms with E-state index in [0.29, 0.717) is 11.8 Å². The first-order valence-corrected chi connectivity index (χ1v) is 8.63. The van der Waals surface area contributed by atoms with Crippen molar-refractivity contribution >= 4 is 34.2 Å². The molecule has 0 radical (unpaired) electrons. The van der Waals surface area contributed by atoms with Gasteiger partial charge in [0, 0.05) is 23.6 Å². The number of hydrogen-bond donors (Lipinski definition) is 1. The molecule has 1 aliphatic carbocycles. The molecule has 122 valence electrons. The first kappa shape index (κ1) is 17.8. The zero-order valence-electron chi connectivity index (χ0n) is 12.9. The van der Waals surface area contributed by atoms with Crippen molar-refractivity contribution in [3.8, 4) is 0 Å². The van der Waals surface area contributed by atoms with Crippen LogP contribution in [0.1, 0.15) is 38.2 Å². The molecule has 0 aromatic heterocycles. The Morgan fingerprint density at radius 3 is 2.50 bits per heavy atom. The van der Waals surface area contributed by atoms with Crippen molar-refractivity contribution in [3.05, 3.63) is 34.3 Å². The van der Waals surface area contributed by atoms with Gasteiger partial charge in [0.1, 0.15) is 0 Å². The molecule has 1 amide bonds. The number of carbonyl (C=O) groups excluding carboxylic acids is 1. The van der Waals surface area contributed by atoms with E-state index in [-0.39, 0.29) is 23.9 Å². The molecule has 1 unspecified atom stereocenters. The number of likely N-dealkylation sites (tertiary alicyclic amines) is 1. The van der Waals surface area contributed by atoms with Crippen molar-refractivity contribution < 1.29 is 4.79 Å². The molecule has 3 nitrogen and oxygen atoms in total. The van der Waals surface area contributed by atoms with Crippen LogP contribution >= 0.6 is 28.3 Å². The van der Waals surface area contributed by atoms with E-state index >= 15 is 0 Å². The Labute approximate surface area is 147 Å². The summed E-state index contributed by atoms with van der Waals surface area (Å²) in [5, 5.41) is 0. The van der Waals surface area contributed by atoms with Gasteiger partial charge in [-0.2, -0.15) is 0 Å². The highest BCUT2D eigenvalue weighted by Gasteiger charge is 2.53. The van der Waals surface area contributed by atoms with E-state index in [1.165, 1.54) is 0 Å². The van der Waals surface area contributed by atoms with E-state index in [4.69, 9.17) is 5.73 Å². The predicted molar refractivity (Wildman–Crippen MR) is 95.3 cm³/mol. The molecule has 5 heteroatoms.